The van der Waals surface area contributed by atoms with Crippen LogP contribution >= 0.6 is 0 Å². The fraction of sp³-hybridized carbons (Fsp3) is 0. The zero-order chi connectivity index (χ0) is 33.3. The van der Waals surface area contributed by atoms with Gasteiger partial charge in [0, 0.05) is 33.8 Å². The first-order valence-corrected chi connectivity index (χ1v) is 16.7. The Morgan fingerprint density at radius 2 is 0.740 bits per heavy atom. The van der Waals surface area contributed by atoms with Crippen molar-refractivity contribution in [3.8, 4) is 67.5 Å². The number of pyridine rings is 1. The summed E-state index contributed by atoms with van der Waals surface area (Å²) in [5.74, 6) is 1.96. The van der Waals surface area contributed by atoms with Crippen LogP contribution in [0.15, 0.2) is 182 Å². The van der Waals surface area contributed by atoms with Crippen molar-refractivity contribution in [2.75, 3.05) is 0 Å². The molecule has 0 atom stereocenters. The summed E-state index contributed by atoms with van der Waals surface area (Å²) < 4.78 is 0. The number of hydrogen-bond acceptors (Lipinski definition) is 4. The van der Waals surface area contributed by atoms with E-state index >= 15 is 0 Å². The van der Waals surface area contributed by atoms with Gasteiger partial charge in [0.05, 0.1) is 5.52 Å². The van der Waals surface area contributed by atoms with E-state index in [1.165, 1.54) is 27.5 Å². The van der Waals surface area contributed by atoms with E-state index in [2.05, 4.69) is 108 Å². The second-order valence-corrected chi connectivity index (χ2v) is 12.3. The molecular weight excluding hydrogens is 609 g/mol. The van der Waals surface area contributed by atoms with Gasteiger partial charge in [-0.15, -0.1) is 0 Å². The summed E-state index contributed by atoms with van der Waals surface area (Å²) in [7, 11) is 0. The molecule has 9 rings (SSSR count). The molecule has 0 aliphatic rings. The highest BCUT2D eigenvalue weighted by Gasteiger charge is 2.14. The van der Waals surface area contributed by atoms with E-state index in [1.807, 2.05) is 79.0 Å². The van der Waals surface area contributed by atoms with Gasteiger partial charge in [0.2, 0.25) is 0 Å². The van der Waals surface area contributed by atoms with E-state index in [-0.39, 0.29) is 0 Å². The minimum absolute atomic E-state index is 0.646. The minimum atomic E-state index is 0.646. The maximum absolute atomic E-state index is 4.91. The Balaban J connectivity index is 1.06. The average Bonchev–Trinajstić information content (AvgIpc) is 3.21. The highest BCUT2D eigenvalue weighted by molar-refractivity contribution is 6.04. The van der Waals surface area contributed by atoms with E-state index in [0.717, 1.165) is 44.3 Å². The van der Waals surface area contributed by atoms with Gasteiger partial charge in [-0.2, -0.15) is 0 Å². The van der Waals surface area contributed by atoms with Crippen LogP contribution in [0.3, 0.4) is 0 Å². The highest BCUT2D eigenvalue weighted by atomic mass is 15.0. The number of para-hydroxylation sites is 1. The lowest BCUT2D eigenvalue weighted by molar-refractivity contribution is 1.07. The lowest BCUT2D eigenvalue weighted by Gasteiger charge is -2.13. The molecule has 0 aliphatic heterocycles. The fourth-order valence-electron chi connectivity index (χ4n) is 6.62. The molecule has 0 saturated carbocycles. The molecule has 0 radical (unpaired) electrons. The molecule has 234 valence electrons. The number of benzene rings is 7. The van der Waals surface area contributed by atoms with Gasteiger partial charge in [0.1, 0.15) is 0 Å². The van der Waals surface area contributed by atoms with Crippen LogP contribution in [-0.2, 0) is 0 Å². The number of nitrogens with zero attached hydrogens (tertiary/aromatic N) is 4. The first kappa shape index (κ1) is 29.4. The normalized spacial score (nSPS) is 11.2. The lowest BCUT2D eigenvalue weighted by atomic mass is 9.92. The Labute approximate surface area is 290 Å². The molecule has 0 spiro atoms. The van der Waals surface area contributed by atoms with Crippen molar-refractivity contribution in [1.82, 2.24) is 19.9 Å². The van der Waals surface area contributed by atoms with E-state index in [9.17, 15) is 0 Å². The zero-order valence-electron chi connectivity index (χ0n) is 27.1. The first-order chi connectivity index (χ1) is 24.8. The maximum atomic E-state index is 4.91. The van der Waals surface area contributed by atoms with Gasteiger partial charge in [0.25, 0.3) is 0 Å². The second kappa shape index (κ2) is 12.7. The first-order valence-electron chi connectivity index (χ1n) is 16.7. The summed E-state index contributed by atoms with van der Waals surface area (Å²) in [5, 5.41) is 3.57. The molecule has 0 bridgehead atoms. The number of hydrogen-bond donors (Lipinski definition) is 0. The molecule has 2 aromatic heterocycles. The molecule has 9 aromatic rings. The summed E-state index contributed by atoms with van der Waals surface area (Å²) in [4.78, 5) is 19.3. The van der Waals surface area contributed by atoms with Crippen LogP contribution in [0.5, 0.6) is 0 Å². The molecule has 0 fully saturated rings. The topological polar surface area (TPSA) is 51.6 Å². The summed E-state index contributed by atoms with van der Waals surface area (Å²) >= 11 is 0. The molecule has 0 saturated heterocycles. The van der Waals surface area contributed by atoms with Crippen molar-refractivity contribution in [2.24, 2.45) is 0 Å². The Morgan fingerprint density at radius 3 is 1.28 bits per heavy atom. The van der Waals surface area contributed by atoms with Crippen molar-refractivity contribution in [1.29, 1.82) is 0 Å². The lowest BCUT2D eigenvalue weighted by Crippen LogP contribution is -2.00. The molecule has 0 N–H and O–H groups in total. The van der Waals surface area contributed by atoms with Crippen LogP contribution in [0, 0.1) is 0 Å². The monoisotopic (exact) mass is 638 g/mol. The van der Waals surface area contributed by atoms with Crippen LogP contribution in [0.4, 0.5) is 0 Å². The molecule has 4 nitrogen and oxygen atoms in total. The molecule has 0 unspecified atom stereocenters. The van der Waals surface area contributed by atoms with E-state index < -0.39 is 0 Å². The van der Waals surface area contributed by atoms with Crippen LogP contribution in [0.1, 0.15) is 0 Å². The maximum Gasteiger partial charge on any atom is 0.164 e. The number of rotatable bonds is 6. The number of fused-ring (bicyclic) bond motifs is 2. The summed E-state index contributed by atoms with van der Waals surface area (Å²) in [5.41, 5.74) is 10.8. The quantitative estimate of drug-likeness (QED) is 0.182. The average molecular weight is 639 g/mol. The van der Waals surface area contributed by atoms with E-state index in [0.29, 0.717) is 17.5 Å². The van der Waals surface area contributed by atoms with E-state index in [1.54, 1.807) is 0 Å². The Bertz CT molecular complexity index is 2560. The molecule has 4 heteroatoms. The Hall–Kier alpha value is -6.78. The summed E-state index contributed by atoms with van der Waals surface area (Å²) in [6.07, 6.45) is 1.96. The number of aromatic nitrogens is 4. The molecule has 0 aliphatic carbocycles. The third-order valence-corrected chi connectivity index (χ3v) is 9.20. The van der Waals surface area contributed by atoms with Crippen molar-refractivity contribution in [3.63, 3.8) is 0 Å². The van der Waals surface area contributed by atoms with Gasteiger partial charge < -0.3 is 0 Å². The van der Waals surface area contributed by atoms with Gasteiger partial charge in [-0.3, -0.25) is 4.98 Å². The van der Waals surface area contributed by atoms with Crippen LogP contribution in [0.25, 0.3) is 89.2 Å². The summed E-state index contributed by atoms with van der Waals surface area (Å²) in [6, 6.07) is 61.0. The van der Waals surface area contributed by atoms with Gasteiger partial charge in [-0.1, -0.05) is 164 Å². The second-order valence-electron chi connectivity index (χ2n) is 12.3. The zero-order valence-corrected chi connectivity index (χ0v) is 27.1. The van der Waals surface area contributed by atoms with Gasteiger partial charge in [-0.05, 0) is 50.7 Å². The largest absolute Gasteiger partial charge is 0.256 e. The van der Waals surface area contributed by atoms with Crippen molar-refractivity contribution >= 4 is 21.7 Å². The van der Waals surface area contributed by atoms with Crippen LogP contribution in [0.2, 0.25) is 0 Å². The van der Waals surface area contributed by atoms with Gasteiger partial charge in [0.15, 0.2) is 17.5 Å². The van der Waals surface area contributed by atoms with Crippen molar-refractivity contribution in [2.45, 2.75) is 0 Å². The standard InChI is InChI=1S/C46H30N4/c1-3-11-34(12-4-1)44-48-45(35-13-5-2-6-14-35)50-46(49-44)36-27-25-33(26-28-36)40-17-10-18-41-39(16-9-19-42(40)41)32-23-21-31(22-24-32)38-29-37-15-7-8-20-43(37)47-30-38/h1-30H. The SMILES string of the molecule is c1ccc(-c2nc(-c3ccccc3)nc(-c3ccc(-c4cccc5c(-c6ccc(-c7cnc8ccccc8c7)cc6)cccc45)cc3)n2)cc1. The summed E-state index contributed by atoms with van der Waals surface area (Å²) in [6.45, 7) is 0. The predicted octanol–water partition coefficient (Wildman–Crippen LogP) is 11.6. The van der Waals surface area contributed by atoms with E-state index in [4.69, 9.17) is 15.0 Å². The Kier molecular flexibility index (Phi) is 7.45. The fourth-order valence-corrected chi connectivity index (χ4v) is 6.62. The van der Waals surface area contributed by atoms with Crippen LogP contribution < -0.4 is 0 Å². The molecule has 50 heavy (non-hydrogen) atoms. The van der Waals surface area contributed by atoms with Gasteiger partial charge >= 0.3 is 0 Å². The third kappa shape index (κ3) is 5.59. The third-order valence-electron chi connectivity index (χ3n) is 9.20. The smallest absolute Gasteiger partial charge is 0.164 e. The highest BCUT2D eigenvalue weighted by Crippen LogP contribution is 2.36. The molecule has 0 amide bonds. The van der Waals surface area contributed by atoms with Crippen molar-refractivity contribution < 1.29 is 0 Å². The molecular formula is C46H30N4. The molecule has 2 heterocycles. The molecule has 7 aromatic carbocycles. The van der Waals surface area contributed by atoms with Crippen LogP contribution in [-0.4, -0.2) is 19.9 Å². The minimum Gasteiger partial charge on any atom is -0.256 e. The van der Waals surface area contributed by atoms with Gasteiger partial charge in [-0.25, -0.2) is 15.0 Å². The Morgan fingerprint density at radius 1 is 0.300 bits per heavy atom. The van der Waals surface area contributed by atoms with Crippen molar-refractivity contribution in [3.05, 3.63) is 182 Å². The predicted molar refractivity (Wildman–Crippen MR) is 205 cm³/mol.